The first kappa shape index (κ1) is 10.2. The average molecular weight is 158 g/mol. The number of carbonyl (C=O) groups is 1. The van der Waals surface area contributed by atoms with Crippen molar-refractivity contribution in [2.45, 2.75) is 20.0 Å². The Hall–Kier alpha value is -0.830. The molecule has 0 aromatic heterocycles. The Labute approximate surface area is 67.0 Å². The summed E-state index contributed by atoms with van der Waals surface area (Å²) in [6.45, 7) is 7.51. The summed E-state index contributed by atoms with van der Waals surface area (Å²) in [5.41, 5.74) is 0. The third-order valence-electron chi connectivity index (χ3n) is 1.02. The van der Waals surface area contributed by atoms with Crippen molar-refractivity contribution in [2.75, 3.05) is 13.2 Å². The first-order valence-electron chi connectivity index (χ1n) is 3.52. The number of ether oxygens (including phenoxy) is 2. The van der Waals surface area contributed by atoms with Gasteiger partial charge < -0.3 is 9.47 Å². The fourth-order valence-corrected chi connectivity index (χ4v) is 0.515. The highest BCUT2D eigenvalue weighted by Gasteiger charge is 2.01. The molecule has 0 saturated carbocycles. The Morgan fingerprint density at radius 3 is 2.82 bits per heavy atom. The maximum atomic E-state index is 10.3. The van der Waals surface area contributed by atoms with Crippen molar-refractivity contribution < 1.29 is 14.3 Å². The third-order valence-corrected chi connectivity index (χ3v) is 1.02. The minimum absolute atomic E-state index is 0.0584. The average Bonchev–Trinajstić information content (AvgIpc) is 1.97. The highest BCUT2D eigenvalue weighted by molar-refractivity contribution is 5.65. The van der Waals surface area contributed by atoms with Crippen LogP contribution in [0.5, 0.6) is 0 Å². The zero-order valence-corrected chi connectivity index (χ0v) is 7.00. The van der Waals surface area contributed by atoms with E-state index in [-0.39, 0.29) is 12.1 Å². The summed E-state index contributed by atoms with van der Waals surface area (Å²) < 4.78 is 9.85. The molecule has 64 valence electrons. The van der Waals surface area contributed by atoms with E-state index >= 15 is 0 Å². The van der Waals surface area contributed by atoms with Crippen molar-refractivity contribution in [3.63, 3.8) is 0 Å². The number of carbonyl (C=O) groups excluding carboxylic acids is 1. The summed E-state index contributed by atoms with van der Waals surface area (Å²) in [6.07, 6.45) is 1.60. The van der Waals surface area contributed by atoms with E-state index in [0.717, 1.165) is 0 Å². The van der Waals surface area contributed by atoms with E-state index in [2.05, 4.69) is 6.58 Å². The van der Waals surface area contributed by atoms with Gasteiger partial charge in [-0.05, 0) is 6.92 Å². The van der Waals surface area contributed by atoms with Gasteiger partial charge in [0.25, 0.3) is 0 Å². The van der Waals surface area contributed by atoms with E-state index in [1.807, 2.05) is 6.92 Å². The molecule has 0 bridgehead atoms. The Morgan fingerprint density at radius 1 is 1.73 bits per heavy atom. The minimum atomic E-state index is -0.279. The second-order valence-corrected chi connectivity index (χ2v) is 2.24. The fraction of sp³-hybridized carbons (Fsp3) is 0.625. The molecular weight excluding hydrogens is 144 g/mol. The lowest BCUT2D eigenvalue weighted by atomic mass is 10.4. The largest absolute Gasteiger partial charge is 0.463 e. The van der Waals surface area contributed by atoms with Crippen LogP contribution in [-0.2, 0) is 14.3 Å². The number of esters is 1. The molecule has 0 radical (unpaired) electrons. The summed E-state index contributed by atoms with van der Waals surface area (Å²) in [4.78, 5) is 10.3. The highest BCUT2D eigenvalue weighted by Crippen LogP contribution is 1.91. The highest BCUT2D eigenvalue weighted by atomic mass is 16.6. The quantitative estimate of drug-likeness (QED) is 0.444. The van der Waals surface area contributed by atoms with Crippen molar-refractivity contribution in [2.24, 2.45) is 0 Å². The predicted molar refractivity (Wildman–Crippen MR) is 42.2 cm³/mol. The van der Waals surface area contributed by atoms with Gasteiger partial charge in [0.15, 0.2) is 0 Å². The summed E-state index contributed by atoms with van der Waals surface area (Å²) in [7, 11) is 0. The van der Waals surface area contributed by atoms with Crippen molar-refractivity contribution in [1.29, 1.82) is 0 Å². The van der Waals surface area contributed by atoms with Gasteiger partial charge in [0.05, 0.1) is 12.7 Å². The van der Waals surface area contributed by atoms with Gasteiger partial charge in [-0.15, -0.1) is 6.58 Å². The maximum Gasteiger partial charge on any atom is 0.302 e. The van der Waals surface area contributed by atoms with Crippen LogP contribution in [0.1, 0.15) is 13.8 Å². The lowest BCUT2D eigenvalue weighted by Crippen LogP contribution is -2.17. The zero-order chi connectivity index (χ0) is 8.69. The lowest BCUT2D eigenvalue weighted by Gasteiger charge is -2.10. The smallest absolute Gasteiger partial charge is 0.302 e. The van der Waals surface area contributed by atoms with E-state index < -0.39 is 0 Å². The Bertz CT molecular complexity index is 131. The van der Waals surface area contributed by atoms with Gasteiger partial charge in [-0.25, -0.2) is 0 Å². The molecule has 0 heterocycles. The standard InChI is InChI=1S/C8H14O3/c1-4-5-10-7(2)6-11-8(3)9/h4,7H,1,5-6H2,2-3H3. The normalized spacial score (nSPS) is 12.2. The number of hydrogen-bond acceptors (Lipinski definition) is 3. The van der Waals surface area contributed by atoms with Gasteiger partial charge in [-0.2, -0.15) is 0 Å². The first-order valence-corrected chi connectivity index (χ1v) is 3.52. The van der Waals surface area contributed by atoms with Crippen molar-refractivity contribution in [3.8, 4) is 0 Å². The molecule has 0 aromatic rings. The van der Waals surface area contributed by atoms with Crippen molar-refractivity contribution in [3.05, 3.63) is 12.7 Å². The summed E-state index contributed by atoms with van der Waals surface area (Å²) >= 11 is 0. The minimum Gasteiger partial charge on any atom is -0.463 e. The first-order chi connectivity index (χ1) is 5.16. The van der Waals surface area contributed by atoms with Crippen LogP contribution in [0.15, 0.2) is 12.7 Å². The van der Waals surface area contributed by atoms with E-state index in [4.69, 9.17) is 9.47 Å². The van der Waals surface area contributed by atoms with Crippen LogP contribution in [0.2, 0.25) is 0 Å². The molecule has 3 heteroatoms. The van der Waals surface area contributed by atoms with Crippen LogP contribution in [0.4, 0.5) is 0 Å². The topological polar surface area (TPSA) is 35.5 Å². The van der Waals surface area contributed by atoms with Gasteiger partial charge in [0.1, 0.15) is 6.61 Å². The van der Waals surface area contributed by atoms with Crippen LogP contribution in [0.25, 0.3) is 0 Å². The Kier molecular flexibility index (Phi) is 5.47. The molecule has 11 heavy (non-hydrogen) atoms. The van der Waals surface area contributed by atoms with E-state index in [9.17, 15) is 4.79 Å². The number of hydrogen-bond donors (Lipinski definition) is 0. The van der Waals surface area contributed by atoms with Crippen LogP contribution < -0.4 is 0 Å². The molecule has 3 nitrogen and oxygen atoms in total. The molecule has 0 fully saturated rings. The molecule has 0 amide bonds. The predicted octanol–water partition coefficient (Wildman–Crippen LogP) is 1.14. The molecule has 0 aliphatic carbocycles. The van der Waals surface area contributed by atoms with Gasteiger partial charge in [0.2, 0.25) is 0 Å². The van der Waals surface area contributed by atoms with Gasteiger partial charge >= 0.3 is 5.97 Å². The molecule has 0 aromatic carbocycles. The van der Waals surface area contributed by atoms with Gasteiger partial charge in [-0.1, -0.05) is 6.08 Å². The monoisotopic (exact) mass is 158 g/mol. The molecule has 0 rings (SSSR count). The lowest BCUT2D eigenvalue weighted by molar-refractivity contribution is -0.144. The Balaban J connectivity index is 3.28. The molecule has 0 spiro atoms. The zero-order valence-electron chi connectivity index (χ0n) is 7.00. The van der Waals surface area contributed by atoms with Gasteiger partial charge in [0, 0.05) is 6.92 Å². The molecule has 0 saturated heterocycles. The third kappa shape index (κ3) is 7.06. The summed E-state index contributed by atoms with van der Waals surface area (Å²) in [6, 6.07) is 0. The second kappa shape index (κ2) is 5.92. The SMILES string of the molecule is C=CCOC(C)COC(C)=O. The van der Waals surface area contributed by atoms with E-state index in [1.54, 1.807) is 6.08 Å². The molecule has 1 unspecified atom stereocenters. The Morgan fingerprint density at radius 2 is 2.36 bits per heavy atom. The van der Waals surface area contributed by atoms with Gasteiger partial charge in [-0.3, -0.25) is 4.79 Å². The van der Waals surface area contributed by atoms with Crippen LogP contribution in [0, 0.1) is 0 Å². The molecular formula is C8H14O3. The van der Waals surface area contributed by atoms with Crippen molar-refractivity contribution in [1.82, 2.24) is 0 Å². The van der Waals surface area contributed by atoms with Crippen LogP contribution in [0.3, 0.4) is 0 Å². The molecule has 1 atom stereocenters. The van der Waals surface area contributed by atoms with E-state index in [0.29, 0.717) is 13.2 Å². The summed E-state index contributed by atoms with van der Waals surface area (Å²) in [5, 5.41) is 0. The second-order valence-electron chi connectivity index (χ2n) is 2.24. The fourth-order valence-electron chi connectivity index (χ4n) is 0.515. The van der Waals surface area contributed by atoms with Crippen molar-refractivity contribution >= 4 is 5.97 Å². The number of rotatable bonds is 5. The van der Waals surface area contributed by atoms with Crippen LogP contribution >= 0.6 is 0 Å². The maximum absolute atomic E-state index is 10.3. The molecule has 0 aliphatic heterocycles. The molecule has 0 aliphatic rings. The molecule has 0 N–H and O–H groups in total. The van der Waals surface area contributed by atoms with Crippen LogP contribution in [-0.4, -0.2) is 25.3 Å². The summed E-state index contributed by atoms with van der Waals surface area (Å²) in [5.74, 6) is -0.279. The van der Waals surface area contributed by atoms with E-state index in [1.165, 1.54) is 6.92 Å².